The molecule has 1 saturated carbocycles. The zero-order valence-electron chi connectivity index (χ0n) is 13.7. The van der Waals surface area contributed by atoms with Gasteiger partial charge in [0.05, 0.1) is 7.11 Å². The first-order valence-electron chi connectivity index (χ1n) is 8.26. The molecule has 0 saturated heterocycles. The average molecular weight is 290 g/mol. The Labute approximate surface area is 129 Å². The third-order valence-corrected chi connectivity index (χ3v) is 5.00. The molecule has 2 rings (SSSR count). The Morgan fingerprint density at radius 2 is 2.05 bits per heavy atom. The van der Waals surface area contributed by atoms with Crippen molar-refractivity contribution < 1.29 is 4.74 Å². The van der Waals surface area contributed by atoms with Gasteiger partial charge in [0, 0.05) is 24.3 Å². The Morgan fingerprint density at radius 1 is 1.24 bits per heavy atom. The summed E-state index contributed by atoms with van der Waals surface area (Å²) < 4.78 is 5.38. The minimum atomic E-state index is 0.634. The van der Waals surface area contributed by atoms with Gasteiger partial charge in [-0.3, -0.25) is 0 Å². The molecule has 21 heavy (non-hydrogen) atoms. The Kier molecular flexibility index (Phi) is 5.92. The number of ether oxygens (including phenoxy) is 1. The van der Waals surface area contributed by atoms with E-state index in [0.29, 0.717) is 6.04 Å². The molecular formula is C18H30N2O. The number of methoxy groups -OCH3 is 1. The summed E-state index contributed by atoms with van der Waals surface area (Å²) in [5.41, 5.74) is 7.01. The lowest BCUT2D eigenvalue weighted by molar-refractivity contribution is 0.243. The van der Waals surface area contributed by atoms with Gasteiger partial charge in [0.2, 0.25) is 0 Å². The highest BCUT2D eigenvalue weighted by Gasteiger charge is 2.28. The summed E-state index contributed by atoms with van der Waals surface area (Å²) in [4.78, 5) is 2.55. The molecule has 1 aromatic carbocycles. The SMILES string of the molecule is COc1cccc(N(CCCN)C2CCC(C)C(C)C2)c1. The van der Waals surface area contributed by atoms with Crippen LogP contribution in [0.4, 0.5) is 5.69 Å². The number of nitrogens with two attached hydrogens (primary N) is 1. The molecule has 118 valence electrons. The molecule has 3 heteroatoms. The first-order valence-corrected chi connectivity index (χ1v) is 8.26. The second-order valence-corrected chi connectivity index (χ2v) is 6.46. The van der Waals surface area contributed by atoms with Gasteiger partial charge >= 0.3 is 0 Å². The van der Waals surface area contributed by atoms with Gasteiger partial charge in [-0.2, -0.15) is 0 Å². The van der Waals surface area contributed by atoms with Gasteiger partial charge in [0.1, 0.15) is 5.75 Å². The van der Waals surface area contributed by atoms with Crippen molar-refractivity contribution in [2.45, 2.75) is 45.6 Å². The summed E-state index contributed by atoms with van der Waals surface area (Å²) in [6.45, 7) is 6.56. The van der Waals surface area contributed by atoms with Crippen molar-refractivity contribution >= 4 is 5.69 Å². The predicted octanol–water partition coefficient (Wildman–Crippen LogP) is 3.68. The van der Waals surface area contributed by atoms with E-state index in [4.69, 9.17) is 10.5 Å². The first-order chi connectivity index (χ1) is 10.2. The van der Waals surface area contributed by atoms with Gasteiger partial charge in [-0.1, -0.05) is 19.9 Å². The zero-order chi connectivity index (χ0) is 15.2. The summed E-state index contributed by atoms with van der Waals surface area (Å²) in [6, 6.07) is 9.07. The fraction of sp³-hybridized carbons (Fsp3) is 0.667. The van der Waals surface area contributed by atoms with Crippen molar-refractivity contribution in [3.05, 3.63) is 24.3 Å². The molecular weight excluding hydrogens is 260 g/mol. The molecule has 1 aliphatic rings. The Morgan fingerprint density at radius 3 is 2.71 bits per heavy atom. The van der Waals surface area contributed by atoms with Crippen LogP contribution < -0.4 is 15.4 Å². The fourth-order valence-electron chi connectivity index (χ4n) is 3.38. The predicted molar refractivity (Wildman–Crippen MR) is 90.0 cm³/mol. The monoisotopic (exact) mass is 290 g/mol. The van der Waals surface area contributed by atoms with Crippen LogP contribution >= 0.6 is 0 Å². The molecule has 3 unspecified atom stereocenters. The standard InChI is InChI=1S/C18H30N2O/c1-14-8-9-17(12-15(14)2)20(11-5-10-19)16-6-4-7-18(13-16)21-3/h4,6-7,13-15,17H,5,8-12,19H2,1-3H3. The highest BCUT2D eigenvalue weighted by Crippen LogP contribution is 2.35. The Bertz CT molecular complexity index is 435. The first kappa shape index (κ1) is 16.2. The van der Waals surface area contributed by atoms with Crippen LogP contribution in [0.15, 0.2) is 24.3 Å². The van der Waals surface area contributed by atoms with E-state index in [1.165, 1.54) is 24.9 Å². The summed E-state index contributed by atoms with van der Waals surface area (Å²) in [5, 5.41) is 0. The van der Waals surface area contributed by atoms with Crippen molar-refractivity contribution in [3.8, 4) is 5.75 Å². The maximum atomic E-state index is 5.74. The summed E-state index contributed by atoms with van der Waals surface area (Å²) in [6.07, 6.45) is 4.93. The molecule has 3 nitrogen and oxygen atoms in total. The summed E-state index contributed by atoms with van der Waals surface area (Å²) >= 11 is 0. The van der Waals surface area contributed by atoms with Gasteiger partial charge in [-0.05, 0) is 56.2 Å². The van der Waals surface area contributed by atoms with Gasteiger partial charge in [0.25, 0.3) is 0 Å². The van der Waals surface area contributed by atoms with Crippen LogP contribution in [0.1, 0.15) is 39.5 Å². The molecule has 1 aliphatic carbocycles. The minimum Gasteiger partial charge on any atom is -0.497 e. The highest BCUT2D eigenvalue weighted by atomic mass is 16.5. The molecule has 0 radical (unpaired) electrons. The molecule has 0 aliphatic heterocycles. The van der Waals surface area contributed by atoms with Gasteiger partial charge < -0.3 is 15.4 Å². The Balaban J connectivity index is 2.17. The minimum absolute atomic E-state index is 0.634. The van der Waals surface area contributed by atoms with Crippen LogP contribution in [0, 0.1) is 11.8 Å². The van der Waals surface area contributed by atoms with Crippen molar-refractivity contribution in [2.24, 2.45) is 17.6 Å². The Hall–Kier alpha value is -1.22. The van der Waals surface area contributed by atoms with Crippen molar-refractivity contribution in [1.29, 1.82) is 0 Å². The molecule has 2 N–H and O–H groups in total. The largest absolute Gasteiger partial charge is 0.497 e. The molecule has 3 atom stereocenters. The van der Waals surface area contributed by atoms with Crippen LogP contribution in [0.25, 0.3) is 0 Å². The molecule has 1 aromatic rings. The second kappa shape index (κ2) is 7.69. The third kappa shape index (κ3) is 4.13. The number of hydrogen-bond donors (Lipinski definition) is 1. The summed E-state index contributed by atoms with van der Waals surface area (Å²) in [5.74, 6) is 2.58. The quantitative estimate of drug-likeness (QED) is 0.868. The van der Waals surface area contributed by atoms with Crippen LogP contribution in [-0.4, -0.2) is 26.2 Å². The van der Waals surface area contributed by atoms with Gasteiger partial charge in [-0.15, -0.1) is 0 Å². The van der Waals surface area contributed by atoms with Crippen LogP contribution in [0.2, 0.25) is 0 Å². The van der Waals surface area contributed by atoms with E-state index in [0.717, 1.165) is 37.1 Å². The fourth-order valence-corrected chi connectivity index (χ4v) is 3.38. The van der Waals surface area contributed by atoms with E-state index in [1.807, 2.05) is 6.07 Å². The number of nitrogens with zero attached hydrogens (tertiary/aromatic N) is 1. The van der Waals surface area contributed by atoms with E-state index < -0.39 is 0 Å². The maximum Gasteiger partial charge on any atom is 0.120 e. The molecule has 0 aromatic heterocycles. The second-order valence-electron chi connectivity index (χ2n) is 6.46. The lowest BCUT2D eigenvalue weighted by Crippen LogP contribution is -2.41. The molecule has 0 heterocycles. The number of anilines is 1. The van der Waals surface area contributed by atoms with Gasteiger partial charge in [-0.25, -0.2) is 0 Å². The lowest BCUT2D eigenvalue weighted by Gasteiger charge is -2.40. The van der Waals surface area contributed by atoms with Crippen LogP contribution in [0.5, 0.6) is 5.75 Å². The topological polar surface area (TPSA) is 38.5 Å². The number of rotatable bonds is 6. The molecule has 0 spiro atoms. The number of hydrogen-bond acceptors (Lipinski definition) is 3. The molecule has 0 amide bonds. The maximum absolute atomic E-state index is 5.74. The van der Waals surface area contributed by atoms with Crippen molar-refractivity contribution in [3.63, 3.8) is 0 Å². The van der Waals surface area contributed by atoms with Crippen LogP contribution in [0.3, 0.4) is 0 Å². The van der Waals surface area contributed by atoms with E-state index in [9.17, 15) is 0 Å². The normalized spacial score (nSPS) is 25.6. The molecule has 1 fully saturated rings. The van der Waals surface area contributed by atoms with Crippen LogP contribution in [-0.2, 0) is 0 Å². The van der Waals surface area contributed by atoms with Crippen molar-refractivity contribution in [2.75, 3.05) is 25.1 Å². The average Bonchev–Trinajstić information content (AvgIpc) is 2.51. The summed E-state index contributed by atoms with van der Waals surface area (Å²) in [7, 11) is 1.73. The number of benzene rings is 1. The zero-order valence-corrected chi connectivity index (χ0v) is 13.7. The van der Waals surface area contributed by atoms with E-state index in [2.05, 4.69) is 36.9 Å². The molecule has 0 bridgehead atoms. The van der Waals surface area contributed by atoms with E-state index in [-0.39, 0.29) is 0 Å². The lowest BCUT2D eigenvalue weighted by atomic mass is 9.78. The van der Waals surface area contributed by atoms with Crippen molar-refractivity contribution in [1.82, 2.24) is 0 Å². The van der Waals surface area contributed by atoms with E-state index in [1.54, 1.807) is 7.11 Å². The van der Waals surface area contributed by atoms with Gasteiger partial charge in [0.15, 0.2) is 0 Å². The third-order valence-electron chi connectivity index (χ3n) is 5.00. The highest BCUT2D eigenvalue weighted by molar-refractivity contribution is 5.51. The smallest absolute Gasteiger partial charge is 0.120 e. The van der Waals surface area contributed by atoms with E-state index >= 15 is 0 Å².